The maximum absolute atomic E-state index is 10.4. The summed E-state index contributed by atoms with van der Waals surface area (Å²) in [5.74, 6) is 1.33. The largest absolute Gasteiger partial charge is 0.506 e. The number of hydrogen-bond donors (Lipinski definition) is 4. The van der Waals surface area contributed by atoms with Gasteiger partial charge in [0.25, 0.3) is 0 Å². The van der Waals surface area contributed by atoms with Crippen LogP contribution >= 0.6 is 0 Å². The van der Waals surface area contributed by atoms with Crippen LogP contribution in [0.25, 0.3) is 0 Å². The Morgan fingerprint density at radius 2 is 1.21 bits per heavy atom. The van der Waals surface area contributed by atoms with E-state index in [-0.39, 0.29) is 11.1 Å². The van der Waals surface area contributed by atoms with E-state index in [2.05, 4.69) is 36.6 Å². The third-order valence-corrected chi connectivity index (χ3v) is 6.71. The number of aromatic hydroxyl groups is 2. The van der Waals surface area contributed by atoms with E-state index in [1.165, 1.54) is 11.1 Å². The Hall–Kier alpha value is -2.36. The topological polar surface area (TPSA) is 64.5 Å². The highest BCUT2D eigenvalue weighted by molar-refractivity contribution is 5.73. The lowest BCUT2D eigenvalue weighted by Gasteiger charge is -2.61. The van der Waals surface area contributed by atoms with Gasteiger partial charge in [-0.15, -0.1) is 0 Å². The van der Waals surface area contributed by atoms with E-state index in [0.29, 0.717) is 23.3 Å². The van der Waals surface area contributed by atoms with Gasteiger partial charge < -0.3 is 20.8 Å². The van der Waals surface area contributed by atoms with Gasteiger partial charge in [0.05, 0.1) is 22.5 Å². The molecule has 0 amide bonds. The highest BCUT2D eigenvalue weighted by atomic mass is 16.3. The second-order valence-electron chi connectivity index (χ2n) is 8.02. The van der Waals surface area contributed by atoms with Crippen LogP contribution in [0.15, 0.2) is 36.4 Å². The molecule has 24 heavy (non-hydrogen) atoms. The van der Waals surface area contributed by atoms with E-state index >= 15 is 0 Å². The van der Waals surface area contributed by atoms with Crippen LogP contribution in [0.3, 0.4) is 0 Å². The molecule has 124 valence electrons. The van der Waals surface area contributed by atoms with Gasteiger partial charge >= 0.3 is 0 Å². The Morgan fingerprint density at radius 3 is 1.62 bits per heavy atom. The van der Waals surface area contributed by atoms with E-state index in [1.54, 1.807) is 12.1 Å². The summed E-state index contributed by atoms with van der Waals surface area (Å²) in [5.41, 5.74) is 3.74. The van der Waals surface area contributed by atoms with Gasteiger partial charge in [-0.05, 0) is 61.8 Å². The average molecular weight is 322 g/mol. The zero-order chi connectivity index (χ0) is 16.7. The van der Waals surface area contributed by atoms with Gasteiger partial charge in [-0.25, -0.2) is 0 Å². The molecule has 4 atom stereocenters. The van der Waals surface area contributed by atoms with Gasteiger partial charge in [-0.3, -0.25) is 0 Å². The lowest BCUT2D eigenvalue weighted by Crippen LogP contribution is -2.67. The smallest absolute Gasteiger partial charge is 0.138 e. The van der Waals surface area contributed by atoms with Crippen LogP contribution in [0.5, 0.6) is 11.5 Å². The zero-order valence-corrected chi connectivity index (χ0v) is 13.9. The van der Waals surface area contributed by atoms with Crippen molar-refractivity contribution in [1.29, 1.82) is 0 Å². The maximum Gasteiger partial charge on any atom is 0.138 e. The number of rotatable bonds is 0. The molecule has 4 heteroatoms. The lowest BCUT2D eigenvalue weighted by atomic mass is 9.54. The zero-order valence-electron chi connectivity index (χ0n) is 13.9. The molecule has 4 N–H and O–H groups in total. The second-order valence-corrected chi connectivity index (χ2v) is 8.02. The van der Waals surface area contributed by atoms with Gasteiger partial charge in [0.15, 0.2) is 0 Å². The molecule has 2 aromatic carbocycles. The molecule has 2 heterocycles. The number of hydrogen-bond acceptors (Lipinski definition) is 4. The molecule has 2 aliphatic heterocycles. The summed E-state index contributed by atoms with van der Waals surface area (Å²) in [7, 11) is 0. The minimum atomic E-state index is -0.194. The van der Waals surface area contributed by atoms with Crippen molar-refractivity contribution in [2.75, 3.05) is 10.6 Å². The van der Waals surface area contributed by atoms with Crippen LogP contribution in [0, 0.1) is 0 Å². The lowest BCUT2D eigenvalue weighted by molar-refractivity contribution is 0.163. The molecule has 4 bridgehead atoms. The predicted octanol–water partition coefficient (Wildman–Crippen LogP) is 4.13. The molecule has 2 aromatic rings. The van der Waals surface area contributed by atoms with Crippen LogP contribution in [0.1, 0.15) is 49.7 Å². The maximum atomic E-state index is 10.4. The Labute approximate surface area is 141 Å². The van der Waals surface area contributed by atoms with Gasteiger partial charge in [-0.1, -0.05) is 24.3 Å². The minimum absolute atomic E-state index is 0.194. The summed E-state index contributed by atoms with van der Waals surface area (Å²) >= 11 is 0. The number of benzene rings is 2. The number of fused-ring (bicyclic) bond motifs is 10. The first kappa shape index (κ1) is 14.0. The molecule has 0 aromatic heterocycles. The van der Waals surface area contributed by atoms with Crippen LogP contribution in [-0.4, -0.2) is 21.3 Å². The molecule has 0 spiro atoms. The van der Waals surface area contributed by atoms with E-state index < -0.39 is 0 Å². The minimum Gasteiger partial charge on any atom is -0.506 e. The molecular formula is C20H22N2O2. The summed E-state index contributed by atoms with van der Waals surface area (Å²) in [5, 5.41) is 28.0. The molecular weight excluding hydrogens is 300 g/mol. The summed E-state index contributed by atoms with van der Waals surface area (Å²) in [6.07, 6.45) is 2.01. The third-order valence-electron chi connectivity index (χ3n) is 6.71. The molecule has 3 aliphatic rings. The van der Waals surface area contributed by atoms with Crippen LogP contribution in [0.2, 0.25) is 0 Å². The average Bonchev–Trinajstić information content (AvgIpc) is 2.55. The van der Waals surface area contributed by atoms with Crippen molar-refractivity contribution in [3.05, 3.63) is 47.5 Å². The molecule has 1 fully saturated rings. The predicted molar refractivity (Wildman–Crippen MR) is 95.0 cm³/mol. The second kappa shape index (κ2) is 4.18. The van der Waals surface area contributed by atoms with Crippen molar-refractivity contribution in [1.82, 2.24) is 0 Å². The third kappa shape index (κ3) is 1.54. The van der Waals surface area contributed by atoms with Gasteiger partial charge in [0, 0.05) is 0 Å². The molecule has 1 saturated carbocycles. The molecule has 4 unspecified atom stereocenters. The summed E-state index contributed by atoms with van der Waals surface area (Å²) in [4.78, 5) is 0. The first-order valence-corrected chi connectivity index (χ1v) is 8.62. The van der Waals surface area contributed by atoms with Gasteiger partial charge in [-0.2, -0.15) is 0 Å². The van der Waals surface area contributed by atoms with Crippen molar-refractivity contribution in [2.45, 2.75) is 49.6 Å². The van der Waals surface area contributed by atoms with E-state index in [0.717, 1.165) is 24.2 Å². The van der Waals surface area contributed by atoms with Crippen molar-refractivity contribution < 1.29 is 10.2 Å². The number of anilines is 2. The summed E-state index contributed by atoms with van der Waals surface area (Å²) < 4.78 is 0. The molecule has 5 rings (SSSR count). The highest BCUT2D eigenvalue weighted by Gasteiger charge is 2.58. The van der Waals surface area contributed by atoms with Crippen molar-refractivity contribution in [2.24, 2.45) is 0 Å². The van der Waals surface area contributed by atoms with E-state index in [4.69, 9.17) is 0 Å². The Balaban J connectivity index is 1.79. The van der Waals surface area contributed by atoms with Crippen molar-refractivity contribution in [3.63, 3.8) is 0 Å². The van der Waals surface area contributed by atoms with Crippen LogP contribution < -0.4 is 10.6 Å². The fourth-order valence-electron chi connectivity index (χ4n) is 5.20. The standard InChI is InChI=1S/C20H22N2O2/c1-19-9-13(11-5-3-7-15(23)17(11)21-19)14-10-20(19,2)22-18-12(14)6-4-8-16(18)24/h3-8,13-14,21-24H,9-10H2,1-2H3. The summed E-state index contributed by atoms with van der Waals surface area (Å²) in [6, 6.07) is 11.6. The normalized spacial score (nSPS) is 35.2. The van der Waals surface area contributed by atoms with Crippen molar-refractivity contribution >= 4 is 11.4 Å². The fourth-order valence-corrected chi connectivity index (χ4v) is 5.20. The van der Waals surface area contributed by atoms with E-state index in [9.17, 15) is 10.2 Å². The molecule has 1 aliphatic carbocycles. The number of para-hydroxylation sites is 2. The monoisotopic (exact) mass is 322 g/mol. The molecule has 0 saturated heterocycles. The SMILES string of the molecule is CC12CC(c3cccc(O)c3N1)C1CC2(C)Nc2c(O)cccc21. The van der Waals surface area contributed by atoms with Crippen molar-refractivity contribution in [3.8, 4) is 11.5 Å². The number of phenolic OH excluding ortho intramolecular Hbond substituents is 2. The molecule has 4 nitrogen and oxygen atoms in total. The first-order chi connectivity index (χ1) is 11.4. The van der Waals surface area contributed by atoms with E-state index in [1.807, 2.05) is 12.1 Å². The van der Waals surface area contributed by atoms with Crippen LogP contribution in [-0.2, 0) is 0 Å². The first-order valence-electron chi connectivity index (χ1n) is 8.62. The van der Waals surface area contributed by atoms with Gasteiger partial charge in [0.1, 0.15) is 11.5 Å². The molecule has 0 radical (unpaired) electrons. The summed E-state index contributed by atoms with van der Waals surface area (Å²) in [6.45, 7) is 4.45. The Bertz CT molecular complexity index is 793. The number of nitrogens with one attached hydrogen (secondary N) is 2. The highest BCUT2D eigenvalue weighted by Crippen LogP contribution is 2.62. The Morgan fingerprint density at radius 1 is 0.792 bits per heavy atom. The fraction of sp³-hybridized carbons (Fsp3) is 0.400. The number of phenols is 2. The Kier molecular flexibility index (Phi) is 2.44. The quantitative estimate of drug-likeness (QED) is 0.551. The van der Waals surface area contributed by atoms with Crippen LogP contribution in [0.4, 0.5) is 11.4 Å². The van der Waals surface area contributed by atoms with Gasteiger partial charge in [0.2, 0.25) is 0 Å².